The molecule has 0 aliphatic carbocycles. The number of aromatic carboxylic acids is 1. The van der Waals surface area contributed by atoms with Crippen LogP contribution in [0.2, 0.25) is 0 Å². The Morgan fingerprint density at radius 3 is 2.79 bits per heavy atom. The third kappa shape index (κ3) is 3.28. The Balaban J connectivity index is 2.12. The zero-order valence-corrected chi connectivity index (χ0v) is 10.4. The summed E-state index contributed by atoms with van der Waals surface area (Å²) >= 11 is 0. The summed E-state index contributed by atoms with van der Waals surface area (Å²) in [5, 5.41) is 11.7. The van der Waals surface area contributed by atoms with Crippen LogP contribution in [0.5, 0.6) is 0 Å². The van der Waals surface area contributed by atoms with Gasteiger partial charge in [-0.3, -0.25) is 4.98 Å². The third-order valence-electron chi connectivity index (χ3n) is 2.67. The molecule has 19 heavy (non-hydrogen) atoms. The lowest BCUT2D eigenvalue weighted by atomic mass is 10.2. The lowest BCUT2D eigenvalue weighted by molar-refractivity contribution is 0.0697. The van der Waals surface area contributed by atoms with Crippen LogP contribution in [0.25, 0.3) is 0 Å². The van der Waals surface area contributed by atoms with Gasteiger partial charge in [0.1, 0.15) is 5.82 Å². The Kier molecular flexibility index (Phi) is 3.75. The van der Waals surface area contributed by atoms with Gasteiger partial charge in [0.2, 0.25) is 0 Å². The Morgan fingerprint density at radius 2 is 2.16 bits per heavy atom. The molecule has 0 spiro atoms. The molecule has 1 aromatic heterocycles. The van der Waals surface area contributed by atoms with E-state index in [1.54, 1.807) is 6.20 Å². The average Bonchev–Trinajstić information content (AvgIpc) is 2.39. The Hall–Kier alpha value is -2.43. The second kappa shape index (κ2) is 5.48. The lowest BCUT2D eigenvalue weighted by Gasteiger charge is -2.08. The molecule has 2 N–H and O–H groups in total. The molecule has 0 saturated carbocycles. The van der Waals surface area contributed by atoms with Gasteiger partial charge < -0.3 is 10.4 Å². The van der Waals surface area contributed by atoms with Crippen molar-refractivity contribution in [2.75, 3.05) is 5.32 Å². The molecule has 4 nitrogen and oxygen atoms in total. The van der Waals surface area contributed by atoms with Crippen LogP contribution in [0.15, 0.2) is 36.5 Å². The normalized spacial score (nSPS) is 10.2. The largest absolute Gasteiger partial charge is 0.478 e. The molecule has 0 amide bonds. The average molecular weight is 260 g/mol. The van der Waals surface area contributed by atoms with E-state index in [9.17, 15) is 9.18 Å². The molecule has 0 aliphatic rings. The highest BCUT2D eigenvalue weighted by Gasteiger charge is 2.08. The van der Waals surface area contributed by atoms with E-state index >= 15 is 0 Å². The van der Waals surface area contributed by atoms with Crippen molar-refractivity contribution in [2.24, 2.45) is 0 Å². The fraction of sp³-hybridized carbons (Fsp3) is 0.143. The minimum Gasteiger partial charge on any atom is -0.478 e. The van der Waals surface area contributed by atoms with E-state index in [0.717, 1.165) is 17.3 Å². The number of rotatable bonds is 4. The summed E-state index contributed by atoms with van der Waals surface area (Å²) in [5.74, 6) is -1.56. The highest BCUT2D eigenvalue weighted by molar-refractivity contribution is 5.88. The minimum atomic E-state index is -1.08. The van der Waals surface area contributed by atoms with Gasteiger partial charge in [-0.1, -0.05) is 6.07 Å². The Bertz CT molecular complexity index is 597. The van der Waals surface area contributed by atoms with E-state index in [1.165, 1.54) is 12.1 Å². The van der Waals surface area contributed by atoms with Gasteiger partial charge in [-0.15, -0.1) is 0 Å². The molecular formula is C14H13FN2O2. The maximum atomic E-state index is 13.5. The first-order valence-corrected chi connectivity index (χ1v) is 5.74. The second-order valence-electron chi connectivity index (χ2n) is 4.16. The van der Waals surface area contributed by atoms with Crippen LogP contribution >= 0.6 is 0 Å². The molecule has 0 atom stereocenters. The highest BCUT2D eigenvalue weighted by atomic mass is 19.1. The first-order chi connectivity index (χ1) is 9.06. The third-order valence-corrected chi connectivity index (χ3v) is 2.67. The molecule has 0 fully saturated rings. The van der Waals surface area contributed by atoms with Crippen molar-refractivity contribution >= 4 is 11.7 Å². The summed E-state index contributed by atoms with van der Waals surface area (Å²) in [6.07, 6.45) is 1.70. The molecule has 2 aromatic rings. The van der Waals surface area contributed by atoms with Crippen LogP contribution in [0.1, 0.15) is 21.6 Å². The number of aryl methyl sites for hydroxylation is 1. The van der Waals surface area contributed by atoms with Crippen molar-refractivity contribution < 1.29 is 14.3 Å². The number of carboxylic acids is 1. The van der Waals surface area contributed by atoms with Crippen molar-refractivity contribution in [1.82, 2.24) is 4.98 Å². The standard InChI is InChI=1S/C14H13FN2O2/c1-9-2-3-10(7-16-9)8-17-13-6-11(14(18)19)4-5-12(13)15/h2-7,17H,8H2,1H3,(H,18,19). The summed E-state index contributed by atoms with van der Waals surface area (Å²) in [5.41, 5.74) is 2.01. The fourth-order valence-corrected chi connectivity index (χ4v) is 1.59. The number of pyridine rings is 1. The molecule has 2 rings (SSSR count). The molecule has 0 radical (unpaired) electrons. The van der Waals surface area contributed by atoms with Crippen LogP contribution in [-0.2, 0) is 6.54 Å². The number of aromatic nitrogens is 1. The summed E-state index contributed by atoms with van der Waals surface area (Å²) in [6.45, 7) is 2.26. The van der Waals surface area contributed by atoms with Crippen LogP contribution in [0.4, 0.5) is 10.1 Å². The zero-order valence-electron chi connectivity index (χ0n) is 10.4. The van der Waals surface area contributed by atoms with Gasteiger partial charge in [0.05, 0.1) is 11.3 Å². The maximum Gasteiger partial charge on any atom is 0.335 e. The Labute approximate surface area is 109 Å². The monoisotopic (exact) mass is 260 g/mol. The Morgan fingerprint density at radius 1 is 1.37 bits per heavy atom. The van der Waals surface area contributed by atoms with Gasteiger partial charge in [-0.2, -0.15) is 0 Å². The predicted molar refractivity (Wildman–Crippen MR) is 69.7 cm³/mol. The van der Waals surface area contributed by atoms with E-state index in [4.69, 9.17) is 5.11 Å². The van der Waals surface area contributed by atoms with E-state index in [0.29, 0.717) is 6.54 Å². The highest BCUT2D eigenvalue weighted by Crippen LogP contribution is 2.17. The number of hydrogen-bond donors (Lipinski definition) is 2. The number of nitrogens with one attached hydrogen (secondary N) is 1. The molecule has 0 unspecified atom stereocenters. The molecular weight excluding hydrogens is 247 g/mol. The SMILES string of the molecule is Cc1ccc(CNc2cc(C(=O)O)ccc2F)cn1. The number of nitrogens with zero attached hydrogens (tertiary/aromatic N) is 1. The minimum absolute atomic E-state index is 0.0472. The summed E-state index contributed by atoms with van der Waals surface area (Å²) in [7, 11) is 0. The second-order valence-corrected chi connectivity index (χ2v) is 4.16. The van der Waals surface area contributed by atoms with Crippen molar-refractivity contribution in [1.29, 1.82) is 0 Å². The topological polar surface area (TPSA) is 62.2 Å². The number of anilines is 1. The van der Waals surface area contributed by atoms with Crippen LogP contribution < -0.4 is 5.32 Å². The van der Waals surface area contributed by atoms with Crippen molar-refractivity contribution in [3.63, 3.8) is 0 Å². The van der Waals surface area contributed by atoms with Gasteiger partial charge in [-0.05, 0) is 36.8 Å². The van der Waals surface area contributed by atoms with E-state index in [2.05, 4.69) is 10.3 Å². The van der Waals surface area contributed by atoms with Gasteiger partial charge in [0.25, 0.3) is 0 Å². The summed E-state index contributed by atoms with van der Waals surface area (Å²) < 4.78 is 13.5. The van der Waals surface area contributed by atoms with Crippen LogP contribution in [0.3, 0.4) is 0 Å². The lowest BCUT2D eigenvalue weighted by Crippen LogP contribution is -2.04. The molecule has 5 heteroatoms. The number of hydrogen-bond acceptors (Lipinski definition) is 3. The van der Waals surface area contributed by atoms with Gasteiger partial charge in [-0.25, -0.2) is 9.18 Å². The maximum absolute atomic E-state index is 13.5. The van der Waals surface area contributed by atoms with E-state index in [1.807, 2.05) is 19.1 Å². The molecule has 98 valence electrons. The van der Waals surface area contributed by atoms with Gasteiger partial charge in [0.15, 0.2) is 0 Å². The first kappa shape index (κ1) is 13.0. The smallest absolute Gasteiger partial charge is 0.335 e. The summed E-state index contributed by atoms with van der Waals surface area (Å²) in [6, 6.07) is 7.39. The number of benzene rings is 1. The van der Waals surface area contributed by atoms with Gasteiger partial charge in [0, 0.05) is 18.4 Å². The van der Waals surface area contributed by atoms with Gasteiger partial charge >= 0.3 is 5.97 Å². The number of carbonyl (C=O) groups is 1. The number of halogens is 1. The number of carboxylic acid groups (broad SMARTS) is 1. The zero-order chi connectivity index (χ0) is 13.8. The molecule has 1 aromatic carbocycles. The molecule has 0 aliphatic heterocycles. The fourth-order valence-electron chi connectivity index (χ4n) is 1.59. The van der Waals surface area contributed by atoms with Crippen molar-refractivity contribution in [3.8, 4) is 0 Å². The van der Waals surface area contributed by atoms with E-state index in [-0.39, 0.29) is 11.3 Å². The first-order valence-electron chi connectivity index (χ1n) is 5.74. The van der Waals surface area contributed by atoms with E-state index < -0.39 is 11.8 Å². The van der Waals surface area contributed by atoms with Crippen molar-refractivity contribution in [3.05, 3.63) is 59.2 Å². The molecule has 0 bridgehead atoms. The predicted octanol–water partition coefficient (Wildman–Crippen LogP) is 2.84. The van der Waals surface area contributed by atoms with Crippen molar-refractivity contribution in [2.45, 2.75) is 13.5 Å². The summed E-state index contributed by atoms with van der Waals surface area (Å²) in [4.78, 5) is 14.9. The quantitative estimate of drug-likeness (QED) is 0.887. The van der Waals surface area contributed by atoms with Crippen LogP contribution in [0, 0.1) is 12.7 Å². The molecule has 1 heterocycles. The molecule has 0 saturated heterocycles. The van der Waals surface area contributed by atoms with Crippen LogP contribution in [-0.4, -0.2) is 16.1 Å².